The van der Waals surface area contributed by atoms with Gasteiger partial charge in [-0.15, -0.1) is 0 Å². The van der Waals surface area contributed by atoms with Crippen molar-refractivity contribution in [2.24, 2.45) is 0 Å². The van der Waals surface area contributed by atoms with Crippen molar-refractivity contribution in [3.8, 4) is 0 Å². The zero-order valence-corrected chi connectivity index (χ0v) is 12.8. The van der Waals surface area contributed by atoms with Crippen molar-refractivity contribution in [1.29, 1.82) is 0 Å². The van der Waals surface area contributed by atoms with Crippen LogP contribution < -0.4 is 0 Å². The first-order chi connectivity index (χ1) is 8.37. The Morgan fingerprint density at radius 1 is 1.39 bits per heavy atom. The van der Waals surface area contributed by atoms with Crippen molar-refractivity contribution < 1.29 is 9.53 Å². The molecule has 96 valence electrons. The van der Waals surface area contributed by atoms with Crippen LogP contribution in [0.4, 0.5) is 0 Å². The van der Waals surface area contributed by atoms with Gasteiger partial charge in [-0.2, -0.15) is 5.10 Å². The molecular formula is C13H15IN2O2. The van der Waals surface area contributed by atoms with Gasteiger partial charge in [0.05, 0.1) is 5.52 Å². The summed E-state index contributed by atoms with van der Waals surface area (Å²) in [6, 6.07) is 7.85. The first-order valence-electron chi connectivity index (χ1n) is 5.70. The number of carbonyl (C=O) groups excluding carboxylic acids is 1. The fourth-order valence-corrected chi connectivity index (χ4v) is 2.42. The number of nitrogens with zero attached hydrogens (tertiary/aromatic N) is 2. The van der Waals surface area contributed by atoms with Crippen LogP contribution in [0.5, 0.6) is 0 Å². The average Bonchev–Trinajstić information content (AvgIpc) is 2.54. The number of aromatic nitrogens is 2. The number of hydrogen-bond acceptors (Lipinski definition) is 3. The highest BCUT2D eigenvalue weighted by Gasteiger charge is 2.18. The van der Waals surface area contributed by atoms with Gasteiger partial charge in [-0.3, -0.25) is 9.48 Å². The van der Waals surface area contributed by atoms with Gasteiger partial charge >= 0.3 is 5.97 Å². The van der Waals surface area contributed by atoms with Crippen LogP contribution in [0.3, 0.4) is 0 Å². The molecule has 1 heterocycles. The molecule has 2 aromatic rings. The molecule has 5 heteroatoms. The van der Waals surface area contributed by atoms with E-state index in [0.717, 1.165) is 14.6 Å². The maximum absolute atomic E-state index is 11.8. The molecule has 0 N–H and O–H groups in total. The van der Waals surface area contributed by atoms with E-state index in [1.165, 1.54) is 0 Å². The topological polar surface area (TPSA) is 44.1 Å². The highest BCUT2D eigenvalue weighted by atomic mass is 127. The van der Waals surface area contributed by atoms with Gasteiger partial charge in [0.25, 0.3) is 0 Å². The number of fused-ring (bicyclic) bond motifs is 1. The maximum atomic E-state index is 11.8. The number of esters is 1. The molecule has 0 aliphatic heterocycles. The van der Waals surface area contributed by atoms with Crippen LogP contribution in [0, 0.1) is 3.70 Å². The SMILES string of the molecule is CC(C)(C)OC(=O)Cn1nc(I)c2ccccc21. The lowest BCUT2D eigenvalue weighted by molar-refractivity contribution is -0.155. The van der Waals surface area contributed by atoms with Crippen LogP contribution in [0.15, 0.2) is 24.3 Å². The lowest BCUT2D eigenvalue weighted by Crippen LogP contribution is -2.26. The van der Waals surface area contributed by atoms with E-state index in [-0.39, 0.29) is 12.5 Å². The summed E-state index contributed by atoms with van der Waals surface area (Å²) in [5, 5.41) is 5.42. The highest BCUT2D eigenvalue weighted by molar-refractivity contribution is 14.1. The van der Waals surface area contributed by atoms with Gasteiger partial charge in [0.2, 0.25) is 0 Å². The van der Waals surface area contributed by atoms with Gasteiger partial charge in [-0.1, -0.05) is 18.2 Å². The number of halogens is 1. The van der Waals surface area contributed by atoms with Gasteiger partial charge in [-0.25, -0.2) is 0 Å². The standard InChI is InChI=1S/C13H15IN2O2/c1-13(2,3)18-11(17)8-16-10-7-5-4-6-9(10)12(14)15-16/h4-7H,8H2,1-3H3. The molecule has 0 bridgehead atoms. The minimum absolute atomic E-state index is 0.140. The van der Waals surface area contributed by atoms with Crippen molar-refractivity contribution in [3.63, 3.8) is 0 Å². The van der Waals surface area contributed by atoms with E-state index in [4.69, 9.17) is 4.74 Å². The van der Waals surface area contributed by atoms with E-state index in [1.54, 1.807) is 4.68 Å². The Kier molecular flexibility index (Phi) is 3.61. The third kappa shape index (κ3) is 3.01. The smallest absolute Gasteiger partial charge is 0.328 e. The number of ether oxygens (including phenoxy) is 1. The number of para-hydroxylation sites is 1. The van der Waals surface area contributed by atoms with Crippen molar-refractivity contribution >= 4 is 39.5 Å². The van der Waals surface area contributed by atoms with Gasteiger partial charge in [0.15, 0.2) is 0 Å². The molecule has 4 nitrogen and oxygen atoms in total. The fraction of sp³-hybridized carbons (Fsp3) is 0.385. The summed E-state index contributed by atoms with van der Waals surface area (Å²) in [5.41, 5.74) is 0.487. The van der Waals surface area contributed by atoms with Gasteiger partial charge < -0.3 is 4.74 Å². The van der Waals surface area contributed by atoms with Crippen LogP contribution in [-0.2, 0) is 16.1 Å². The Balaban J connectivity index is 2.25. The summed E-state index contributed by atoms with van der Waals surface area (Å²) >= 11 is 2.17. The van der Waals surface area contributed by atoms with E-state index in [2.05, 4.69) is 27.7 Å². The average molecular weight is 358 g/mol. The molecule has 0 aliphatic carbocycles. The Morgan fingerprint density at radius 3 is 2.72 bits per heavy atom. The Labute approximate surface area is 119 Å². The largest absolute Gasteiger partial charge is 0.459 e. The van der Waals surface area contributed by atoms with E-state index < -0.39 is 5.60 Å². The maximum Gasteiger partial charge on any atom is 0.328 e. The number of benzene rings is 1. The molecule has 0 atom stereocenters. The third-order valence-electron chi connectivity index (χ3n) is 2.31. The van der Waals surface area contributed by atoms with E-state index in [0.29, 0.717) is 0 Å². The molecule has 0 fully saturated rings. The normalized spacial score (nSPS) is 11.8. The highest BCUT2D eigenvalue weighted by Crippen LogP contribution is 2.20. The van der Waals surface area contributed by atoms with Crippen molar-refractivity contribution in [3.05, 3.63) is 28.0 Å². The summed E-state index contributed by atoms with van der Waals surface area (Å²) in [5.74, 6) is -0.271. The lowest BCUT2D eigenvalue weighted by Gasteiger charge is -2.19. The van der Waals surface area contributed by atoms with Crippen LogP contribution >= 0.6 is 22.6 Å². The summed E-state index contributed by atoms with van der Waals surface area (Å²) < 4.78 is 7.88. The van der Waals surface area contributed by atoms with Crippen molar-refractivity contribution in [1.82, 2.24) is 9.78 Å². The second-order valence-electron chi connectivity index (χ2n) is 5.05. The van der Waals surface area contributed by atoms with Crippen molar-refractivity contribution in [2.75, 3.05) is 0 Å². The summed E-state index contributed by atoms with van der Waals surface area (Å²) in [4.78, 5) is 11.8. The van der Waals surface area contributed by atoms with Gasteiger partial charge in [0, 0.05) is 5.39 Å². The minimum Gasteiger partial charge on any atom is -0.459 e. The number of hydrogen-bond donors (Lipinski definition) is 0. The second kappa shape index (κ2) is 4.87. The summed E-state index contributed by atoms with van der Waals surface area (Å²) in [6.07, 6.45) is 0. The van der Waals surface area contributed by atoms with Gasteiger partial charge in [-0.05, 0) is 49.4 Å². The first kappa shape index (κ1) is 13.3. The van der Waals surface area contributed by atoms with Crippen LogP contribution in [-0.4, -0.2) is 21.4 Å². The number of carbonyl (C=O) groups is 1. The predicted molar refractivity (Wildman–Crippen MR) is 78.3 cm³/mol. The molecule has 2 rings (SSSR count). The Bertz CT molecular complexity index is 584. The first-order valence-corrected chi connectivity index (χ1v) is 6.77. The molecule has 0 saturated carbocycles. The molecule has 0 saturated heterocycles. The van der Waals surface area contributed by atoms with E-state index >= 15 is 0 Å². The van der Waals surface area contributed by atoms with Crippen molar-refractivity contribution in [2.45, 2.75) is 32.9 Å². The third-order valence-corrected chi connectivity index (χ3v) is 3.11. The van der Waals surface area contributed by atoms with E-state index in [1.807, 2.05) is 45.0 Å². The van der Waals surface area contributed by atoms with E-state index in [9.17, 15) is 4.79 Å². The fourth-order valence-electron chi connectivity index (χ4n) is 1.70. The molecule has 0 radical (unpaired) electrons. The zero-order valence-electron chi connectivity index (χ0n) is 10.6. The van der Waals surface area contributed by atoms with Gasteiger partial charge in [0.1, 0.15) is 15.8 Å². The zero-order chi connectivity index (χ0) is 13.3. The molecule has 1 aromatic carbocycles. The monoisotopic (exact) mass is 358 g/mol. The van der Waals surface area contributed by atoms with Crippen LogP contribution in [0.1, 0.15) is 20.8 Å². The second-order valence-corrected chi connectivity index (χ2v) is 6.07. The molecule has 18 heavy (non-hydrogen) atoms. The lowest BCUT2D eigenvalue weighted by atomic mass is 10.2. The number of rotatable bonds is 2. The minimum atomic E-state index is -0.465. The summed E-state index contributed by atoms with van der Waals surface area (Å²) in [7, 11) is 0. The molecule has 1 aromatic heterocycles. The van der Waals surface area contributed by atoms with Crippen LogP contribution in [0.2, 0.25) is 0 Å². The Morgan fingerprint density at radius 2 is 2.06 bits per heavy atom. The Hall–Kier alpha value is -1.11. The molecule has 0 aliphatic rings. The van der Waals surface area contributed by atoms with Crippen LogP contribution in [0.25, 0.3) is 10.9 Å². The molecule has 0 unspecified atom stereocenters. The predicted octanol–water partition coefficient (Wildman–Crippen LogP) is 2.98. The molecule has 0 amide bonds. The molecular weight excluding hydrogens is 343 g/mol. The quantitative estimate of drug-likeness (QED) is 0.613. The molecule has 0 spiro atoms. The summed E-state index contributed by atoms with van der Waals surface area (Å²) in [6.45, 7) is 5.71.